The zero-order valence-electron chi connectivity index (χ0n) is 9.03. The van der Waals surface area contributed by atoms with Crippen LogP contribution in [0.2, 0.25) is 0 Å². The largest absolute Gasteiger partial charge is 0.356 e. The first kappa shape index (κ1) is 12.2. The molecule has 0 saturated heterocycles. The Hall–Kier alpha value is -0.870. The SMILES string of the molecule is CC(N)CCNC(=O)CCc1ccsc1. The third-order valence-corrected chi connectivity index (χ3v) is 2.87. The molecular formula is C11H18N2OS. The Morgan fingerprint density at radius 2 is 2.47 bits per heavy atom. The quantitative estimate of drug-likeness (QED) is 0.773. The molecule has 0 aliphatic rings. The van der Waals surface area contributed by atoms with E-state index < -0.39 is 0 Å². The van der Waals surface area contributed by atoms with Crippen LogP contribution in [0.1, 0.15) is 25.3 Å². The van der Waals surface area contributed by atoms with Gasteiger partial charge in [0.2, 0.25) is 5.91 Å². The topological polar surface area (TPSA) is 55.1 Å². The maximum Gasteiger partial charge on any atom is 0.220 e. The third kappa shape index (κ3) is 5.54. The zero-order valence-corrected chi connectivity index (χ0v) is 9.85. The van der Waals surface area contributed by atoms with Crippen LogP contribution < -0.4 is 11.1 Å². The fourth-order valence-electron chi connectivity index (χ4n) is 1.22. The van der Waals surface area contributed by atoms with Crippen LogP contribution in [0.3, 0.4) is 0 Å². The average molecular weight is 226 g/mol. The summed E-state index contributed by atoms with van der Waals surface area (Å²) in [6.07, 6.45) is 2.23. The van der Waals surface area contributed by atoms with Crippen LogP contribution in [0.4, 0.5) is 0 Å². The number of aryl methyl sites for hydroxylation is 1. The highest BCUT2D eigenvalue weighted by atomic mass is 32.1. The molecule has 1 aromatic heterocycles. The minimum Gasteiger partial charge on any atom is -0.356 e. The fourth-order valence-corrected chi connectivity index (χ4v) is 1.92. The lowest BCUT2D eigenvalue weighted by atomic mass is 10.2. The number of carbonyl (C=O) groups is 1. The molecule has 1 amide bonds. The molecule has 0 fully saturated rings. The Balaban J connectivity index is 2.09. The Labute approximate surface area is 94.7 Å². The molecule has 0 aliphatic carbocycles. The van der Waals surface area contributed by atoms with E-state index in [0.717, 1.165) is 12.8 Å². The highest BCUT2D eigenvalue weighted by molar-refractivity contribution is 7.07. The summed E-state index contributed by atoms with van der Waals surface area (Å²) in [7, 11) is 0. The van der Waals surface area contributed by atoms with E-state index in [2.05, 4.69) is 16.8 Å². The molecule has 1 unspecified atom stereocenters. The minimum absolute atomic E-state index is 0.113. The average Bonchev–Trinajstić information content (AvgIpc) is 2.66. The van der Waals surface area contributed by atoms with Gasteiger partial charge in [0.1, 0.15) is 0 Å². The van der Waals surface area contributed by atoms with Gasteiger partial charge in [-0.1, -0.05) is 0 Å². The van der Waals surface area contributed by atoms with E-state index >= 15 is 0 Å². The summed E-state index contributed by atoms with van der Waals surface area (Å²) in [6.45, 7) is 2.62. The molecule has 1 heterocycles. The molecule has 3 N–H and O–H groups in total. The van der Waals surface area contributed by atoms with Gasteiger partial charge in [0.05, 0.1) is 0 Å². The molecule has 84 valence electrons. The van der Waals surface area contributed by atoms with Crippen LogP contribution in [0.5, 0.6) is 0 Å². The number of hydrogen-bond acceptors (Lipinski definition) is 3. The van der Waals surface area contributed by atoms with Gasteiger partial charge in [0, 0.05) is 19.0 Å². The Morgan fingerprint density at radius 3 is 3.07 bits per heavy atom. The minimum atomic E-state index is 0.113. The van der Waals surface area contributed by atoms with Crippen molar-refractivity contribution in [1.82, 2.24) is 5.32 Å². The van der Waals surface area contributed by atoms with Crippen molar-refractivity contribution in [2.75, 3.05) is 6.54 Å². The summed E-state index contributed by atoms with van der Waals surface area (Å²) in [6, 6.07) is 2.21. The molecule has 0 aromatic carbocycles. The van der Waals surface area contributed by atoms with Crippen molar-refractivity contribution in [3.05, 3.63) is 22.4 Å². The Bertz CT molecular complexity index is 283. The van der Waals surface area contributed by atoms with Gasteiger partial charge < -0.3 is 11.1 Å². The van der Waals surface area contributed by atoms with E-state index in [9.17, 15) is 4.79 Å². The lowest BCUT2D eigenvalue weighted by Crippen LogP contribution is -2.29. The first-order valence-electron chi connectivity index (χ1n) is 5.22. The summed E-state index contributed by atoms with van der Waals surface area (Å²) in [5, 5.41) is 6.97. The van der Waals surface area contributed by atoms with Crippen molar-refractivity contribution < 1.29 is 4.79 Å². The van der Waals surface area contributed by atoms with Crippen LogP contribution in [0.25, 0.3) is 0 Å². The maximum absolute atomic E-state index is 11.4. The molecule has 0 bridgehead atoms. The molecular weight excluding hydrogens is 208 g/mol. The normalized spacial score (nSPS) is 12.4. The summed E-state index contributed by atoms with van der Waals surface area (Å²) in [4.78, 5) is 11.4. The number of nitrogens with one attached hydrogen (secondary N) is 1. The van der Waals surface area contributed by atoms with E-state index in [1.54, 1.807) is 11.3 Å². The van der Waals surface area contributed by atoms with Crippen molar-refractivity contribution in [2.24, 2.45) is 5.73 Å². The second-order valence-electron chi connectivity index (χ2n) is 3.75. The van der Waals surface area contributed by atoms with Crippen LogP contribution in [-0.4, -0.2) is 18.5 Å². The summed E-state index contributed by atoms with van der Waals surface area (Å²) in [5.74, 6) is 0.113. The van der Waals surface area contributed by atoms with Gasteiger partial charge in [-0.3, -0.25) is 4.79 Å². The van der Waals surface area contributed by atoms with Crippen LogP contribution in [0, 0.1) is 0 Å². The molecule has 1 rings (SSSR count). The zero-order chi connectivity index (χ0) is 11.1. The molecule has 0 radical (unpaired) electrons. The Morgan fingerprint density at radius 1 is 1.67 bits per heavy atom. The molecule has 0 spiro atoms. The maximum atomic E-state index is 11.4. The van der Waals surface area contributed by atoms with E-state index in [0.29, 0.717) is 13.0 Å². The van der Waals surface area contributed by atoms with Gasteiger partial charge in [-0.05, 0) is 42.2 Å². The van der Waals surface area contributed by atoms with Crippen molar-refractivity contribution in [3.63, 3.8) is 0 Å². The molecule has 15 heavy (non-hydrogen) atoms. The van der Waals surface area contributed by atoms with Crippen molar-refractivity contribution >= 4 is 17.2 Å². The monoisotopic (exact) mass is 226 g/mol. The number of rotatable bonds is 6. The van der Waals surface area contributed by atoms with E-state index in [1.165, 1.54) is 5.56 Å². The van der Waals surface area contributed by atoms with Gasteiger partial charge >= 0.3 is 0 Å². The third-order valence-electron chi connectivity index (χ3n) is 2.14. The lowest BCUT2D eigenvalue weighted by molar-refractivity contribution is -0.121. The number of thiophene rings is 1. The van der Waals surface area contributed by atoms with Crippen LogP contribution in [0.15, 0.2) is 16.8 Å². The standard InChI is InChI=1S/C11H18N2OS/c1-9(12)4-6-13-11(14)3-2-10-5-7-15-8-10/h5,7-9H,2-4,6,12H2,1H3,(H,13,14). The fraction of sp³-hybridized carbons (Fsp3) is 0.545. The number of nitrogens with two attached hydrogens (primary N) is 1. The second-order valence-corrected chi connectivity index (χ2v) is 4.53. The first-order chi connectivity index (χ1) is 7.18. The molecule has 1 atom stereocenters. The molecule has 4 heteroatoms. The summed E-state index contributed by atoms with van der Waals surface area (Å²) < 4.78 is 0. The van der Waals surface area contributed by atoms with Gasteiger partial charge in [-0.2, -0.15) is 11.3 Å². The van der Waals surface area contributed by atoms with Crippen molar-refractivity contribution in [3.8, 4) is 0 Å². The highest BCUT2D eigenvalue weighted by Crippen LogP contribution is 2.07. The predicted octanol–water partition coefficient (Wildman–Crippen LogP) is 1.53. The van der Waals surface area contributed by atoms with E-state index in [4.69, 9.17) is 5.73 Å². The van der Waals surface area contributed by atoms with Gasteiger partial charge in [0.15, 0.2) is 0 Å². The summed E-state index contributed by atoms with van der Waals surface area (Å²) in [5.41, 5.74) is 6.82. The lowest BCUT2D eigenvalue weighted by Gasteiger charge is -2.06. The van der Waals surface area contributed by atoms with E-state index in [1.807, 2.05) is 12.3 Å². The van der Waals surface area contributed by atoms with Gasteiger partial charge in [-0.15, -0.1) is 0 Å². The van der Waals surface area contributed by atoms with Crippen molar-refractivity contribution in [1.29, 1.82) is 0 Å². The molecule has 1 aromatic rings. The van der Waals surface area contributed by atoms with Gasteiger partial charge in [-0.25, -0.2) is 0 Å². The first-order valence-corrected chi connectivity index (χ1v) is 6.16. The summed E-state index contributed by atoms with van der Waals surface area (Å²) >= 11 is 1.66. The highest BCUT2D eigenvalue weighted by Gasteiger charge is 2.02. The number of carbonyl (C=O) groups excluding carboxylic acids is 1. The van der Waals surface area contributed by atoms with Gasteiger partial charge in [0.25, 0.3) is 0 Å². The molecule has 0 aliphatic heterocycles. The molecule has 0 saturated carbocycles. The molecule has 3 nitrogen and oxygen atoms in total. The second kappa shape index (κ2) is 6.58. The number of amides is 1. The number of hydrogen-bond donors (Lipinski definition) is 2. The predicted molar refractivity (Wildman–Crippen MR) is 63.9 cm³/mol. The van der Waals surface area contributed by atoms with Crippen molar-refractivity contribution in [2.45, 2.75) is 32.2 Å². The smallest absolute Gasteiger partial charge is 0.220 e. The van der Waals surface area contributed by atoms with Crippen LogP contribution in [-0.2, 0) is 11.2 Å². The Kier molecular flexibility index (Phi) is 5.36. The van der Waals surface area contributed by atoms with E-state index in [-0.39, 0.29) is 11.9 Å². The van der Waals surface area contributed by atoms with Crippen LogP contribution >= 0.6 is 11.3 Å².